The maximum atomic E-state index is 12.0. The SMILES string of the molecule is COc1ccc(CBr)c(OCCCC(F)(F)F)c1. The Kier molecular flexibility index (Phi) is 5.78. The molecule has 6 heteroatoms. The molecule has 0 radical (unpaired) electrons. The van der Waals surface area contributed by atoms with Gasteiger partial charge in [0.05, 0.1) is 13.7 Å². The van der Waals surface area contributed by atoms with Crippen molar-refractivity contribution in [2.24, 2.45) is 0 Å². The molecule has 0 saturated heterocycles. The second kappa shape index (κ2) is 6.87. The first-order valence-corrected chi connectivity index (χ1v) is 6.51. The van der Waals surface area contributed by atoms with E-state index in [2.05, 4.69) is 15.9 Å². The largest absolute Gasteiger partial charge is 0.497 e. The molecular formula is C12H14BrF3O2. The molecule has 1 rings (SSSR count). The molecular weight excluding hydrogens is 313 g/mol. The van der Waals surface area contributed by atoms with Gasteiger partial charge in [-0.05, 0) is 12.5 Å². The maximum Gasteiger partial charge on any atom is 0.389 e. The van der Waals surface area contributed by atoms with Gasteiger partial charge in [-0.15, -0.1) is 0 Å². The zero-order chi connectivity index (χ0) is 13.6. The van der Waals surface area contributed by atoms with Gasteiger partial charge in [-0.2, -0.15) is 13.2 Å². The van der Waals surface area contributed by atoms with Gasteiger partial charge in [-0.3, -0.25) is 0 Å². The normalized spacial score (nSPS) is 11.4. The minimum Gasteiger partial charge on any atom is -0.497 e. The molecule has 0 aliphatic heterocycles. The van der Waals surface area contributed by atoms with E-state index in [9.17, 15) is 13.2 Å². The van der Waals surface area contributed by atoms with E-state index in [0.29, 0.717) is 16.8 Å². The predicted molar refractivity (Wildman–Crippen MR) is 66.4 cm³/mol. The van der Waals surface area contributed by atoms with Gasteiger partial charge in [0.2, 0.25) is 0 Å². The van der Waals surface area contributed by atoms with Crippen LogP contribution in [0.1, 0.15) is 18.4 Å². The number of ether oxygens (including phenoxy) is 2. The number of rotatable bonds is 6. The van der Waals surface area contributed by atoms with Crippen molar-refractivity contribution in [3.63, 3.8) is 0 Å². The van der Waals surface area contributed by atoms with E-state index in [1.54, 1.807) is 12.1 Å². The van der Waals surface area contributed by atoms with Crippen molar-refractivity contribution in [2.75, 3.05) is 13.7 Å². The molecule has 0 aromatic heterocycles. The number of alkyl halides is 4. The number of methoxy groups -OCH3 is 1. The van der Waals surface area contributed by atoms with E-state index in [1.807, 2.05) is 6.07 Å². The van der Waals surface area contributed by atoms with E-state index in [4.69, 9.17) is 9.47 Å². The van der Waals surface area contributed by atoms with Crippen LogP contribution in [-0.4, -0.2) is 19.9 Å². The van der Waals surface area contributed by atoms with Crippen molar-refractivity contribution < 1.29 is 22.6 Å². The topological polar surface area (TPSA) is 18.5 Å². The Labute approximate surface area is 112 Å². The Morgan fingerprint density at radius 2 is 2.00 bits per heavy atom. The smallest absolute Gasteiger partial charge is 0.389 e. The van der Waals surface area contributed by atoms with Crippen LogP contribution < -0.4 is 9.47 Å². The molecule has 0 bridgehead atoms. The van der Waals surface area contributed by atoms with Gasteiger partial charge in [0.15, 0.2) is 0 Å². The van der Waals surface area contributed by atoms with Crippen molar-refractivity contribution in [2.45, 2.75) is 24.3 Å². The molecule has 18 heavy (non-hydrogen) atoms. The lowest BCUT2D eigenvalue weighted by Gasteiger charge is -2.12. The highest BCUT2D eigenvalue weighted by Crippen LogP contribution is 2.27. The first-order valence-electron chi connectivity index (χ1n) is 5.38. The molecule has 1 aromatic carbocycles. The second-order valence-corrected chi connectivity index (χ2v) is 4.24. The van der Waals surface area contributed by atoms with Crippen LogP contribution in [-0.2, 0) is 5.33 Å². The fraction of sp³-hybridized carbons (Fsp3) is 0.500. The summed E-state index contributed by atoms with van der Waals surface area (Å²) >= 11 is 3.29. The molecule has 2 nitrogen and oxygen atoms in total. The minimum absolute atomic E-state index is 0.0344. The van der Waals surface area contributed by atoms with Crippen LogP contribution in [0.2, 0.25) is 0 Å². The van der Waals surface area contributed by atoms with Crippen LogP contribution in [0.4, 0.5) is 13.2 Å². The highest BCUT2D eigenvalue weighted by molar-refractivity contribution is 9.08. The molecule has 0 aliphatic carbocycles. The third kappa shape index (κ3) is 5.16. The summed E-state index contributed by atoms with van der Waals surface area (Å²) in [5.41, 5.74) is 0.878. The summed E-state index contributed by atoms with van der Waals surface area (Å²) in [4.78, 5) is 0. The summed E-state index contributed by atoms with van der Waals surface area (Å²) in [7, 11) is 1.52. The predicted octanol–water partition coefficient (Wildman–Crippen LogP) is 4.31. The zero-order valence-corrected chi connectivity index (χ0v) is 11.5. The summed E-state index contributed by atoms with van der Waals surface area (Å²) in [6.07, 6.45) is -5.01. The lowest BCUT2D eigenvalue weighted by Crippen LogP contribution is -2.10. The molecule has 0 N–H and O–H groups in total. The van der Waals surface area contributed by atoms with Crippen LogP contribution in [0.3, 0.4) is 0 Å². The molecule has 0 fully saturated rings. The van der Waals surface area contributed by atoms with Gasteiger partial charge >= 0.3 is 6.18 Å². The van der Waals surface area contributed by atoms with Crippen LogP contribution >= 0.6 is 15.9 Å². The summed E-state index contributed by atoms with van der Waals surface area (Å²) in [5, 5.41) is 0.575. The van der Waals surface area contributed by atoms with Gasteiger partial charge in [0.1, 0.15) is 11.5 Å². The second-order valence-electron chi connectivity index (χ2n) is 3.67. The summed E-state index contributed by atoms with van der Waals surface area (Å²) in [6.45, 7) is 0.0344. The molecule has 0 aliphatic rings. The standard InChI is InChI=1S/C12H14BrF3O2/c1-17-10-4-3-9(8-13)11(7-10)18-6-2-5-12(14,15)16/h3-4,7H,2,5-6,8H2,1H3. The molecule has 0 heterocycles. The Bertz CT molecular complexity index is 380. The number of benzene rings is 1. The average Bonchev–Trinajstić information content (AvgIpc) is 2.33. The van der Waals surface area contributed by atoms with E-state index in [0.717, 1.165) is 5.56 Å². The van der Waals surface area contributed by atoms with Crippen molar-refractivity contribution >= 4 is 15.9 Å². The first kappa shape index (κ1) is 15.1. The summed E-state index contributed by atoms with van der Waals surface area (Å²) < 4.78 is 46.3. The van der Waals surface area contributed by atoms with E-state index in [-0.39, 0.29) is 13.0 Å². The molecule has 0 unspecified atom stereocenters. The van der Waals surface area contributed by atoms with Crippen LogP contribution in [0.25, 0.3) is 0 Å². The Morgan fingerprint density at radius 1 is 1.28 bits per heavy atom. The fourth-order valence-electron chi connectivity index (χ4n) is 1.36. The third-order valence-corrected chi connectivity index (χ3v) is 2.88. The van der Waals surface area contributed by atoms with Crippen molar-refractivity contribution in [3.8, 4) is 11.5 Å². The summed E-state index contributed by atoms with van der Waals surface area (Å²) in [5.74, 6) is 1.17. The van der Waals surface area contributed by atoms with E-state index >= 15 is 0 Å². The lowest BCUT2D eigenvalue weighted by molar-refractivity contribution is -0.136. The molecule has 0 spiro atoms. The monoisotopic (exact) mass is 326 g/mol. The number of halogens is 4. The van der Waals surface area contributed by atoms with Crippen molar-refractivity contribution in [1.29, 1.82) is 0 Å². The zero-order valence-electron chi connectivity index (χ0n) is 9.89. The summed E-state index contributed by atoms with van der Waals surface area (Å²) in [6, 6.07) is 5.26. The van der Waals surface area contributed by atoms with Gasteiger partial charge in [0, 0.05) is 23.4 Å². The first-order chi connectivity index (χ1) is 8.46. The molecule has 0 atom stereocenters. The van der Waals surface area contributed by atoms with Crippen LogP contribution in [0.15, 0.2) is 18.2 Å². The Hall–Kier alpha value is -0.910. The molecule has 1 aromatic rings. The Balaban J connectivity index is 2.54. The van der Waals surface area contributed by atoms with Gasteiger partial charge in [-0.25, -0.2) is 0 Å². The molecule has 0 saturated carbocycles. The van der Waals surface area contributed by atoms with Gasteiger partial charge < -0.3 is 9.47 Å². The average molecular weight is 327 g/mol. The van der Waals surface area contributed by atoms with Crippen molar-refractivity contribution in [3.05, 3.63) is 23.8 Å². The lowest BCUT2D eigenvalue weighted by atomic mass is 10.2. The van der Waals surface area contributed by atoms with Gasteiger partial charge in [0.25, 0.3) is 0 Å². The number of hydrogen-bond donors (Lipinski definition) is 0. The molecule has 102 valence electrons. The highest BCUT2D eigenvalue weighted by Gasteiger charge is 2.26. The molecule has 0 amide bonds. The maximum absolute atomic E-state index is 12.0. The third-order valence-electron chi connectivity index (χ3n) is 2.28. The highest BCUT2D eigenvalue weighted by atomic mass is 79.9. The Morgan fingerprint density at radius 3 is 2.56 bits per heavy atom. The van der Waals surface area contributed by atoms with Crippen molar-refractivity contribution in [1.82, 2.24) is 0 Å². The number of hydrogen-bond acceptors (Lipinski definition) is 2. The fourth-order valence-corrected chi connectivity index (χ4v) is 1.82. The van der Waals surface area contributed by atoms with Gasteiger partial charge in [-0.1, -0.05) is 22.0 Å². The van der Waals surface area contributed by atoms with E-state index in [1.165, 1.54) is 7.11 Å². The van der Waals surface area contributed by atoms with Crippen LogP contribution in [0, 0.1) is 0 Å². The van der Waals surface area contributed by atoms with Crippen LogP contribution in [0.5, 0.6) is 11.5 Å². The minimum atomic E-state index is -4.13. The quantitative estimate of drug-likeness (QED) is 0.572. The van der Waals surface area contributed by atoms with E-state index < -0.39 is 12.6 Å².